The predicted octanol–water partition coefficient (Wildman–Crippen LogP) is 2.21. The Bertz CT molecular complexity index is 717. The summed E-state index contributed by atoms with van der Waals surface area (Å²) in [5.74, 6) is 0. The number of sulfonamides is 1. The van der Waals surface area contributed by atoms with E-state index in [2.05, 4.69) is 25.2 Å². The third kappa shape index (κ3) is 3.50. The highest BCUT2D eigenvalue weighted by molar-refractivity contribution is 7.89. The van der Waals surface area contributed by atoms with Gasteiger partial charge in [0.25, 0.3) is 0 Å². The van der Waals surface area contributed by atoms with Crippen molar-refractivity contribution < 1.29 is 8.42 Å². The summed E-state index contributed by atoms with van der Waals surface area (Å²) in [6.07, 6.45) is 0. The van der Waals surface area contributed by atoms with Gasteiger partial charge in [-0.3, -0.25) is 0 Å². The van der Waals surface area contributed by atoms with Crippen molar-refractivity contribution in [1.82, 2.24) is 0 Å². The molecular formula is C13H17N3O2S2. The average Bonchev–Trinajstić information content (AvgIpc) is 2.65. The van der Waals surface area contributed by atoms with Crippen LogP contribution >= 0.6 is 11.3 Å². The van der Waals surface area contributed by atoms with E-state index in [0.29, 0.717) is 17.9 Å². The molecule has 0 fully saturated rings. The molecule has 0 aliphatic rings. The molecule has 0 amide bonds. The van der Waals surface area contributed by atoms with Gasteiger partial charge >= 0.3 is 0 Å². The molecule has 0 unspecified atom stereocenters. The van der Waals surface area contributed by atoms with E-state index in [9.17, 15) is 8.42 Å². The Morgan fingerprint density at radius 3 is 2.45 bits per heavy atom. The van der Waals surface area contributed by atoms with Gasteiger partial charge in [-0.05, 0) is 43.7 Å². The van der Waals surface area contributed by atoms with E-state index in [0.717, 1.165) is 0 Å². The third-order valence-corrected chi connectivity index (χ3v) is 4.99. The lowest BCUT2D eigenvalue weighted by atomic mass is 10.2. The first kappa shape index (κ1) is 14.8. The van der Waals surface area contributed by atoms with Gasteiger partial charge in [0, 0.05) is 27.7 Å². The molecule has 1 aromatic carbocycles. The molecule has 2 rings (SSSR count). The first-order chi connectivity index (χ1) is 9.25. The molecule has 0 aliphatic heterocycles. The minimum absolute atomic E-state index is 0.0125. The van der Waals surface area contributed by atoms with Crippen molar-refractivity contribution in [3.05, 3.63) is 39.6 Å². The lowest BCUT2D eigenvalue weighted by Gasteiger charge is -2.08. The number of rotatable bonds is 4. The predicted molar refractivity (Wildman–Crippen MR) is 83.3 cm³/mol. The Balaban J connectivity index is 2.19. The summed E-state index contributed by atoms with van der Waals surface area (Å²) in [6.45, 7) is 4.75. The van der Waals surface area contributed by atoms with Crippen molar-refractivity contribution in [2.45, 2.75) is 25.3 Å². The van der Waals surface area contributed by atoms with Gasteiger partial charge in [-0.25, -0.2) is 13.6 Å². The van der Waals surface area contributed by atoms with Gasteiger partial charge in [0.15, 0.2) is 0 Å². The fraction of sp³-hybridized carbons (Fsp3) is 0.231. The Hall–Kier alpha value is -1.57. The van der Waals surface area contributed by atoms with Crippen molar-refractivity contribution in [2.75, 3.05) is 11.1 Å². The summed E-state index contributed by atoms with van der Waals surface area (Å²) >= 11 is 1.71. The molecule has 0 radical (unpaired) electrons. The number of aryl methyl sites for hydroxylation is 2. The summed E-state index contributed by atoms with van der Waals surface area (Å²) < 4.78 is 22.7. The average molecular weight is 311 g/mol. The Morgan fingerprint density at radius 1 is 1.20 bits per heavy atom. The van der Waals surface area contributed by atoms with Crippen LogP contribution in [0.3, 0.4) is 0 Å². The normalized spacial score (nSPS) is 11.6. The zero-order chi connectivity index (χ0) is 14.9. The second-order valence-electron chi connectivity index (χ2n) is 4.64. The number of nitrogens with two attached hydrogens (primary N) is 2. The number of primary sulfonamides is 1. The second-order valence-corrected chi connectivity index (χ2v) is 7.54. The highest BCUT2D eigenvalue weighted by atomic mass is 32.2. The van der Waals surface area contributed by atoms with E-state index in [4.69, 9.17) is 10.9 Å². The van der Waals surface area contributed by atoms with E-state index < -0.39 is 10.0 Å². The minimum atomic E-state index is -3.75. The lowest BCUT2D eigenvalue weighted by molar-refractivity contribution is 0.598. The first-order valence-electron chi connectivity index (χ1n) is 5.99. The maximum atomic E-state index is 11.4. The standard InChI is InChI=1S/C13H17N3O2S2/c1-8-3-12(19-9(8)2)7-16-11-4-10(14)5-13(6-11)20(15,17)18/h3-6,16H,7,14H2,1-2H3,(H2,15,17,18). The van der Waals surface area contributed by atoms with Crippen molar-refractivity contribution in [2.24, 2.45) is 5.14 Å². The number of thiophene rings is 1. The van der Waals surface area contributed by atoms with E-state index >= 15 is 0 Å². The number of nitrogen functional groups attached to an aromatic ring is 1. The molecular weight excluding hydrogens is 294 g/mol. The summed E-state index contributed by atoms with van der Waals surface area (Å²) in [7, 11) is -3.75. The lowest BCUT2D eigenvalue weighted by Crippen LogP contribution is -2.13. The molecule has 2 aromatic rings. The van der Waals surface area contributed by atoms with E-state index in [1.165, 1.54) is 27.5 Å². The Kier molecular flexibility index (Phi) is 4.03. The summed E-state index contributed by atoms with van der Waals surface area (Å²) in [4.78, 5) is 2.47. The highest BCUT2D eigenvalue weighted by Crippen LogP contribution is 2.23. The number of benzene rings is 1. The quantitative estimate of drug-likeness (QED) is 0.754. The van der Waals surface area contributed by atoms with Gasteiger partial charge < -0.3 is 11.1 Å². The maximum Gasteiger partial charge on any atom is 0.238 e. The van der Waals surface area contributed by atoms with Crippen LogP contribution in [0.25, 0.3) is 0 Å². The maximum absolute atomic E-state index is 11.4. The molecule has 0 aliphatic carbocycles. The molecule has 0 bridgehead atoms. The molecule has 1 aromatic heterocycles. The van der Waals surface area contributed by atoms with Crippen LogP contribution in [0, 0.1) is 13.8 Å². The number of anilines is 2. The number of hydrogen-bond acceptors (Lipinski definition) is 5. The third-order valence-electron chi connectivity index (χ3n) is 2.94. The van der Waals surface area contributed by atoms with Crippen LogP contribution in [-0.2, 0) is 16.6 Å². The van der Waals surface area contributed by atoms with Crippen LogP contribution in [0.4, 0.5) is 11.4 Å². The second kappa shape index (κ2) is 5.43. The highest BCUT2D eigenvalue weighted by Gasteiger charge is 2.10. The number of hydrogen-bond donors (Lipinski definition) is 3. The largest absolute Gasteiger partial charge is 0.399 e. The van der Waals surface area contributed by atoms with Gasteiger partial charge in [-0.15, -0.1) is 11.3 Å². The molecule has 108 valence electrons. The monoisotopic (exact) mass is 311 g/mol. The summed E-state index contributed by atoms with van der Waals surface area (Å²) in [5.41, 5.74) is 7.95. The van der Waals surface area contributed by atoms with E-state index in [1.807, 2.05) is 0 Å². The van der Waals surface area contributed by atoms with Crippen LogP contribution < -0.4 is 16.2 Å². The number of nitrogens with one attached hydrogen (secondary N) is 1. The minimum Gasteiger partial charge on any atom is -0.399 e. The summed E-state index contributed by atoms with van der Waals surface area (Å²) in [5, 5.41) is 8.28. The summed E-state index contributed by atoms with van der Waals surface area (Å²) in [6, 6.07) is 6.63. The fourth-order valence-electron chi connectivity index (χ4n) is 1.81. The van der Waals surface area contributed by atoms with E-state index in [-0.39, 0.29) is 4.90 Å². The van der Waals surface area contributed by atoms with Crippen LogP contribution in [-0.4, -0.2) is 8.42 Å². The molecule has 20 heavy (non-hydrogen) atoms. The molecule has 7 heteroatoms. The van der Waals surface area contributed by atoms with E-state index in [1.54, 1.807) is 17.4 Å². The topological polar surface area (TPSA) is 98.2 Å². The van der Waals surface area contributed by atoms with Gasteiger partial charge in [0.2, 0.25) is 10.0 Å². The SMILES string of the molecule is Cc1cc(CNc2cc(N)cc(S(N)(=O)=O)c2)sc1C. The van der Waals surface area contributed by atoms with Gasteiger partial charge in [-0.1, -0.05) is 0 Å². The Labute approximate surface area is 122 Å². The molecule has 0 saturated heterocycles. The zero-order valence-corrected chi connectivity index (χ0v) is 12.9. The molecule has 5 N–H and O–H groups in total. The molecule has 0 atom stereocenters. The van der Waals surface area contributed by atoms with Crippen molar-refractivity contribution >= 4 is 32.7 Å². The molecule has 0 saturated carbocycles. The zero-order valence-electron chi connectivity index (χ0n) is 11.3. The van der Waals surface area contributed by atoms with Crippen molar-refractivity contribution in [3.8, 4) is 0 Å². The fourth-order valence-corrected chi connectivity index (χ4v) is 3.40. The smallest absolute Gasteiger partial charge is 0.238 e. The molecule has 5 nitrogen and oxygen atoms in total. The van der Waals surface area contributed by atoms with Crippen LogP contribution in [0.15, 0.2) is 29.2 Å². The molecule has 0 spiro atoms. The van der Waals surface area contributed by atoms with Crippen molar-refractivity contribution in [3.63, 3.8) is 0 Å². The van der Waals surface area contributed by atoms with Crippen LogP contribution in [0.2, 0.25) is 0 Å². The van der Waals surface area contributed by atoms with Crippen LogP contribution in [0.1, 0.15) is 15.3 Å². The Morgan fingerprint density at radius 2 is 1.90 bits per heavy atom. The van der Waals surface area contributed by atoms with Gasteiger partial charge in [-0.2, -0.15) is 0 Å². The van der Waals surface area contributed by atoms with Crippen molar-refractivity contribution in [1.29, 1.82) is 0 Å². The molecule has 1 heterocycles. The van der Waals surface area contributed by atoms with Crippen LogP contribution in [0.5, 0.6) is 0 Å². The van der Waals surface area contributed by atoms with Gasteiger partial charge in [0.05, 0.1) is 4.90 Å². The van der Waals surface area contributed by atoms with Gasteiger partial charge in [0.1, 0.15) is 0 Å². The first-order valence-corrected chi connectivity index (χ1v) is 8.35.